The monoisotopic (exact) mass is 591 g/mol. The molecule has 230 valence electrons. The van der Waals surface area contributed by atoms with Crippen LogP contribution in [0.1, 0.15) is 60.1 Å². The fraction of sp³-hybridized carbons (Fsp3) is 0.581. The van der Waals surface area contributed by atoms with Crippen LogP contribution in [0.2, 0.25) is 0 Å². The number of likely N-dealkylation sites (N-methyl/N-ethyl adjacent to an activating group) is 1. The van der Waals surface area contributed by atoms with E-state index in [0.717, 1.165) is 49.7 Å². The number of benzene rings is 1. The van der Waals surface area contributed by atoms with E-state index in [1.54, 1.807) is 31.3 Å². The van der Waals surface area contributed by atoms with Gasteiger partial charge >= 0.3 is 6.03 Å². The van der Waals surface area contributed by atoms with Gasteiger partial charge in [0.1, 0.15) is 17.3 Å². The first kappa shape index (κ1) is 29.2. The van der Waals surface area contributed by atoms with E-state index in [-0.39, 0.29) is 41.6 Å². The van der Waals surface area contributed by atoms with Crippen molar-refractivity contribution in [2.75, 3.05) is 32.1 Å². The summed E-state index contributed by atoms with van der Waals surface area (Å²) in [6, 6.07) is 6.31. The summed E-state index contributed by atoms with van der Waals surface area (Å²) in [6.45, 7) is 1.74. The van der Waals surface area contributed by atoms with E-state index in [4.69, 9.17) is 4.74 Å². The number of carbonyl (C=O) groups excluding carboxylic acids is 4. The van der Waals surface area contributed by atoms with Gasteiger partial charge in [0.2, 0.25) is 11.8 Å². The van der Waals surface area contributed by atoms with E-state index in [2.05, 4.69) is 26.4 Å². The van der Waals surface area contributed by atoms with Crippen molar-refractivity contribution in [1.29, 1.82) is 0 Å². The molecule has 2 saturated heterocycles. The highest BCUT2D eigenvalue weighted by Gasteiger charge is 2.54. The van der Waals surface area contributed by atoms with Crippen molar-refractivity contribution in [3.05, 3.63) is 47.3 Å². The first-order chi connectivity index (χ1) is 20.8. The lowest BCUT2D eigenvalue weighted by Gasteiger charge is -2.36. The predicted molar refractivity (Wildman–Crippen MR) is 158 cm³/mol. The van der Waals surface area contributed by atoms with Crippen LogP contribution in [0.5, 0.6) is 0 Å². The van der Waals surface area contributed by atoms with Crippen LogP contribution in [-0.2, 0) is 34.2 Å². The molecule has 1 aromatic carbocycles. The zero-order valence-corrected chi connectivity index (χ0v) is 24.9. The number of urea groups is 1. The van der Waals surface area contributed by atoms with Crippen LogP contribution < -0.4 is 21.3 Å². The summed E-state index contributed by atoms with van der Waals surface area (Å²) in [6.07, 6.45) is 8.09. The Bertz CT molecular complexity index is 1400. The van der Waals surface area contributed by atoms with Crippen LogP contribution >= 0.6 is 0 Å². The van der Waals surface area contributed by atoms with Gasteiger partial charge < -0.3 is 30.9 Å². The molecular weight excluding hydrogens is 550 g/mol. The number of hydrogen-bond donors (Lipinski definition) is 4. The number of nitrogens with one attached hydrogen (secondary N) is 4. The Morgan fingerprint density at radius 2 is 1.88 bits per heavy atom. The van der Waals surface area contributed by atoms with Crippen molar-refractivity contribution in [3.8, 4) is 0 Å². The quantitative estimate of drug-likeness (QED) is 0.368. The fourth-order valence-corrected chi connectivity index (χ4v) is 7.40. The topological polar surface area (TPSA) is 147 Å². The molecule has 43 heavy (non-hydrogen) atoms. The number of aryl methyl sites for hydroxylation is 1. The minimum atomic E-state index is -1.06. The van der Waals surface area contributed by atoms with Crippen molar-refractivity contribution in [3.63, 3.8) is 0 Å². The highest BCUT2D eigenvalue weighted by Crippen LogP contribution is 2.39. The third-order valence-electron chi connectivity index (χ3n) is 9.82. The number of aromatic nitrogens is 2. The number of carbonyl (C=O) groups is 4. The molecule has 3 heterocycles. The minimum absolute atomic E-state index is 0.0353. The number of amides is 5. The maximum absolute atomic E-state index is 13.7. The van der Waals surface area contributed by atoms with E-state index in [9.17, 15) is 19.2 Å². The van der Waals surface area contributed by atoms with E-state index < -0.39 is 11.6 Å². The Balaban J connectivity index is 1.20. The Hall–Kier alpha value is -3.93. The normalized spacial score (nSPS) is 26.1. The molecular formula is C31H41N7O5. The summed E-state index contributed by atoms with van der Waals surface area (Å²) in [5.41, 5.74) is 1.81. The van der Waals surface area contributed by atoms with E-state index >= 15 is 0 Å². The smallest absolute Gasteiger partial charge is 0.318 e. The summed E-state index contributed by atoms with van der Waals surface area (Å²) in [7, 11) is 3.29. The molecule has 5 amide bonds. The number of nitrogens with zero attached hydrogens (tertiary/aromatic N) is 3. The van der Waals surface area contributed by atoms with Gasteiger partial charge in [0.25, 0.3) is 5.91 Å². The van der Waals surface area contributed by atoms with Crippen LogP contribution in [0.25, 0.3) is 0 Å². The Labute approximate surface area is 251 Å². The summed E-state index contributed by atoms with van der Waals surface area (Å²) in [4.78, 5) is 55.2. The molecule has 0 radical (unpaired) electrons. The van der Waals surface area contributed by atoms with Crippen molar-refractivity contribution >= 4 is 29.4 Å². The molecule has 0 bridgehead atoms. The van der Waals surface area contributed by atoms with Gasteiger partial charge in [-0.05, 0) is 54.5 Å². The van der Waals surface area contributed by atoms with Gasteiger partial charge in [-0.15, -0.1) is 0 Å². The van der Waals surface area contributed by atoms with Gasteiger partial charge in [0.15, 0.2) is 0 Å². The van der Waals surface area contributed by atoms with Crippen LogP contribution in [0, 0.1) is 11.8 Å². The highest BCUT2D eigenvalue weighted by atomic mass is 16.5. The zero-order chi connectivity index (χ0) is 30.1. The van der Waals surface area contributed by atoms with Crippen LogP contribution in [0.3, 0.4) is 0 Å². The third-order valence-corrected chi connectivity index (χ3v) is 9.82. The second kappa shape index (κ2) is 12.0. The second-order valence-electron chi connectivity index (χ2n) is 12.4. The lowest BCUT2D eigenvalue weighted by molar-refractivity contribution is -0.130. The average molecular weight is 592 g/mol. The van der Waals surface area contributed by atoms with Crippen molar-refractivity contribution in [2.45, 2.75) is 69.0 Å². The fourth-order valence-electron chi connectivity index (χ4n) is 7.40. The van der Waals surface area contributed by atoms with Crippen molar-refractivity contribution in [1.82, 2.24) is 30.6 Å². The number of anilines is 1. The van der Waals surface area contributed by atoms with Crippen molar-refractivity contribution in [2.24, 2.45) is 18.9 Å². The van der Waals surface area contributed by atoms with Gasteiger partial charge in [0, 0.05) is 57.9 Å². The number of fused-ring (bicyclic) bond motifs is 1. The molecule has 1 saturated carbocycles. The predicted octanol–water partition coefficient (Wildman–Crippen LogP) is 1.75. The molecule has 4 atom stereocenters. The number of rotatable bonds is 8. The lowest BCUT2D eigenvalue weighted by Crippen LogP contribution is -2.60. The van der Waals surface area contributed by atoms with Crippen molar-refractivity contribution < 1.29 is 23.9 Å². The summed E-state index contributed by atoms with van der Waals surface area (Å²) < 4.78 is 7.04. The zero-order valence-electron chi connectivity index (χ0n) is 24.9. The van der Waals surface area contributed by atoms with Crippen LogP contribution in [-0.4, -0.2) is 82.9 Å². The Morgan fingerprint density at radius 3 is 2.58 bits per heavy atom. The Kier molecular flexibility index (Phi) is 8.13. The molecule has 1 aromatic heterocycles. The molecule has 3 fully saturated rings. The first-order valence-electron chi connectivity index (χ1n) is 15.4. The lowest BCUT2D eigenvalue weighted by atomic mass is 9.83. The van der Waals surface area contributed by atoms with Gasteiger partial charge in [-0.2, -0.15) is 5.10 Å². The molecule has 3 unspecified atom stereocenters. The standard InChI is InChI=1S/C31H41N7O5/c1-32-29(41)31(38-17-24(35-30(38)42)21-11-13-43-18-21)15-20-8-9-23(14-22(20)16-31)34-28(40)26(19-6-4-3-5-7-19)36-27(39)25-10-12-33-37(25)2/h8-10,12,14,19,21,24,26H,3-7,11,13,15-18H2,1-2H3,(H,32,41)(H,34,40)(H,35,42)(H,36,39)/t21?,24?,26-,31?/m0/s1. The first-order valence-corrected chi connectivity index (χ1v) is 15.4. The maximum Gasteiger partial charge on any atom is 0.318 e. The largest absolute Gasteiger partial charge is 0.381 e. The summed E-state index contributed by atoms with van der Waals surface area (Å²) in [5.74, 6) is -0.534. The van der Waals surface area contributed by atoms with Gasteiger partial charge in [-0.3, -0.25) is 19.1 Å². The van der Waals surface area contributed by atoms with Gasteiger partial charge in [-0.25, -0.2) is 4.79 Å². The molecule has 2 aromatic rings. The molecule has 6 rings (SSSR count). The van der Waals surface area contributed by atoms with Crippen LogP contribution in [0.4, 0.5) is 10.5 Å². The molecule has 2 aliphatic carbocycles. The van der Waals surface area contributed by atoms with E-state index in [1.165, 1.54) is 4.68 Å². The number of hydrogen-bond acceptors (Lipinski definition) is 6. The molecule has 4 aliphatic rings. The summed E-state index contributed by atoms with van der Waals surface area (Å²) >= 11 is 0. The highest BCUT2D eigenvalue weighted by molar-refractivity contribution is 6.01. The van der Waals surface area contributed by atoms with E-state index in [0.29, 0.717) is 44.0 Å². The Morgan fingerprint density at radius 1 is 1.09 bits per heavy atom. The molecule has 2 aliphatic heterocycles. The SMILES string of the molecule is CNC(=O)C1(N2CC(C3CCOC3)NC2=O)Cc2ccc(NC(=O)[C@@H](NC(=O)c3ccnn3C)C3CCCCC3)cc2C1. The maximum atomic E-state index is 13.7. The molecule has 4 N–H and O–H groups in total. The third kappa shape index (κ3) is 5.60. The van der Waals surface area contributed by atoms with Gasteiger partial charge in [0.05, 0.1) is 12.6 Å². The molecule has 0 spiro atoms. The van der Waals surface area contributed by atoms with Crippen LogP contribution in [0.15, 0.2) is 30.5 Å². The van der Waals surface area contributed by atoms with E-state index in [1.807, 2.05) is 18.2 Å². The molecule has 12 heteroatoms. The summed E-state index contributed by atoms with van der Waals surface area (Å²) in [5, 5.41) is 16.0. The molecule has 12 nitrogen and oxygen atoms in total. The number of ether oxygens (including phenoxy) is 1. The van der Waals surface area contributed by atoms with Gasteiger partial charge in [-0.1, -0.05) is 25.3 Å². The minimum Gasteiger partial charge on any atom is -0.381 e. The second-order valence-corrected chi connectivity index (χ2v) is 12.4. The average Bonchev–Trinajstić information content (AvgIpc) is 3.82.